The van der Waals surface area contributed by atoms with E-state index in [2.05, 4.69) is 94.1 Å². The number of nitrogens with zero attached hydrogens (tertiary/aromatic N) is 3. The molecule has 1 fully saturated rings. The van der Waals surface area contributed by atoms with Gasteiger partial charge < -0.3 is 14.4 Å². The van der Waals surface area contributed by atoms with Crippen molar-refractivity contribution in [3.05, 3.63) is 109 Å². The standard InChI is InChI=1S/C21H19N2O.C20H26NSi.Ir/c1-13(2)14(3)18-11-10-16-15-7-6-8-17(19-9-4-5-12-22-19)20(15)24-21(16)23-18;1-22(2,3)20-15-21-19(17-11-5-4-6-12-17)14-18(20)13-16-9-7-8-10-16;/h4-7,9-14H,1-3H3;4-6,11,14-16H,7-10,13H2,1-3H3;/q2*-1;. The monoisotopic (exact) mass is 816 g/mol. The van der Waals surface area contributed by atoms with Crippen LogP contribution in [0.1, 0.15) is 63.6 Å². The Labute approximate surface area is 294 Å². The molecule has 0 N–H and O–H groups in total. The van der Waals surface area contributed by atoms with E-state index in [-0.39, 0.29) is 20.1 Å². The second-order valence-electron chi connectivity index (χ2n) is 14.1. The summed E-state index contributed by atoms with van der Waals surface area (Å²) in [6.07, 6.45) is 10.8. The third-order valence-electron chi connectivity index (χ3n) is 9.47. The number of pyridine rings is 3. The van der Waals surface area contributed by atoms with Gasteiger partial charge in [0.25, 0.3) is 0 Å². The molecule has 1 atom stereocenters. The van der Waals surface area contributed by atoms with Gasteiger partial charge in [0.05, 0.1) is 13.7 Å². The van der Waals surface area contributed by atoms with E-state index in [1.54, 1.807) is 16.9 Å². The largest absolute Gasteiger partial charge is 0.486 e. The van der Waals surface area contributed by atoms with Gasteiger partial charge in [0.15, 0.2) is 0 Å². The van der Waals surface area contributed by atoms with Crippen molar-refractivity contribution in [1.29, 1.82) is 0 Å². The Balaban J connectivity index is 0.000000181. The van der Waals surface area contributed by atoms with Crippen LogP contribution in [-0.4, -0.2) is 23.0 Å². The summed E-state index contributed by atoms with van der Waals surface area (Å²) >= 11 is 0. The van der Waals surface area contributed by atoms with E-state index in [0.717, 1.165) is 50.5 Å². The predicted octanol–water partition coefficient (Wildman–Crippen LogP) is 10.4. The van der Waals surface area contributed by atoms with Gasteiger partial charge in [-0.15, -0.1) is 54.1 Å². The summed E-state index contributed by atoms with van der Waals surface area (Å²) in [5, 5.41) is 3.63. The zero-order valence-corrected chi connectivity index (χ0v) is 31.8. The van der Waals surface area contributed by atoms with Crippen molar-refractivity contribution in [1.82, 2.24) is 15.0 Å². The van der Waals surface area contributed by atoms with E-state index in [4.69, 9.17) is 14.4 Å². The van der Waals surface area contributed by atoms with E-state index in [1.807, 2.05) is 42.5 Å². The molecule has 0 saturated heterocycles. The SMILES string of the molecule is CC(C)C(C)c1ccc2c(n1)oc1c(-c3ccccn3)[c-]ccc12.C[Si](C)(C)c1cnc(-c2[c-]cccc2)cc1CC1CCCC1.[Ir]. The molecule has 6 heteroatoms. The van der Waals surface area contributed by atoms with Crippen LogP contribution in [0.4, 0.5) is 0 Å². The van der Waals surface area contributed by atoms with Crippen LogP contribution in [0.5, 0.6) is 0 Å². The average molecular weight is 816 g/mol. The van der Waals surface area contributed by atoms with Crippen molar-refractivity contribution in [2.45, 2.75) is 78.4 Å². The Bertz CT molecular complexity index is 1910. The van der Waals surface area contributed by atoms with Crippen LogP contribution in [0.15, 0.2) is 89.6 Å². The zero-order chi connectivity index (χ0) is 32.3. The molecule has 1 unspecified atom stereocenters. The third-order valence-corrected chi connectivity index (χ3v) is 11.5. The molecular weight excluding hydrogens is 771 g/mol. The number of benzene rings is 2. The molecule has 1 saturated carbocycles. The third kappa shape index (κ3) is 8.00. The molecule has 6 aromatic rings. The Morgan fingerprint density at radius 2 is 1.64 bits per heavy atom. The maximum Gasteiger partial charge on any atom is 0.216 e. The zero-order valence-electron chi connectivity index (χ0n) is 28.4. The van der Waals surface area contributed by atoms with Gasteiger partial charge in [0, 0.05) is 49.5 Å². The molecule has 2 aromatic carbocycles. The summed E-state index contributed by atoms with van der Waals surface area (Å²) in [4.78, 5) is 13.9. The molecule has 0 aliphatic heterocycles. The van der Waals surface area contributed by atoms with Crippen LogP contribution in [0.3, 0.4) is 0 Å². The second kappa shape index (κ2) is 15.2. The molecule has 4 nitrogen and oxygen atoms in total. The Morgan fingerprint density at radius 3 is 2.32 bits per heavy atom. The molecule has 1 radical (unpaired) electrons. The summed E-state index contributed by atoms with van der Waals surface area (Å²) in [5.41, 5.74) is 8.03. The molecule has 47 heavy (non-hydrogen) atoms. The van der Waals surface area contributed by atoms with E-state index in [9.17, 15) is 0 Å². The van der Waals surface area contributed by atoms with Gasteiger partial charge in [0.1, 0.15) is 0 Å². The first-order chi connectivity index (χ1) is 22.2. The van der Waals surface area contributed by atoms with Gasteiger partial charge in [-0.25, -0.2) is 4.98 Å². The number of furan rings is 1. The van der Waals surface area contributed by atoms with Gasteiger partial charge >= 0.3 is 0 Å². The molecule has 0 spiro atoms. The molecule has 0 amide bonds. The van der Waals surface area contributed by atoms with Gasteiger partial charge in [-0.2, -0.15) is 0 Å². The quantitative estimate of drug-likeness (QED) is 0.119. The molecule has 4 heterocycles. The van der Waals surface area contributed by atoms with Crippen LogP contribution in [0.25, 0.3) is 44.6 Å². The fourth-order valence-electron chi connectivity index (χ4n) is 6.50. The first-order valence-corrected chi connectivity index (χ1v) is 20.3. The number of hydrogen-bond acceptors (Lipinski definition) is 4. The minimum absolute atomic E-state index is 0. The van der Waals surface area contributed by atoms with Gasteiger partial charge in [-0.3, -0.25) is 0 Å². The molecule has 1 aliphatic rings. The van der Waals surface area contributed by atoms with Gasteiger partial charge in [0.2, 0.25) is 5.71 Å². The minimum atomic E-state index is -1.35. The fourth-order valence-corrected chi connectivity index (χ4v) is 8.09. The number of hydrogen-bond donors (Lipinski definition) is 0. The molecule has 7 rings (SSSR count). The molecule has 4 aromatic heterocycles. The topological polar surface area (TPSA) is 51.8 Å². The Morgan fingerprint density at radius 1 is 0.851 bits per heavy atom. The van der Waals surface area contributed by atoms with Gasteiger partial charge in [-0.05, 0) is 53.0 Å². The molecular formula is C41H45IrN3OSi-2. The van der Waals surface area contributed by atoms with Crippen molar-refractivity contribution in [3.63, 3.8) is 0 Å². The maximum atomic E-state index is 6.13. The first kappa shape index (κ1) is 34.9. The summed E-state index contributed by atoms with van der Waals surface area (Å²) in [6.45, 7) is 13.9. The van der Waals surface area contributed by atoms with Crippen molar-refractivity contribution in [2.75, 3.05) is 0 Å². The number of fused-ring (bicyclic) bond motifs is 3. The Kier molecular flexibility index (Phi) is 11.3. The Hall–Kier alpha value is -3.44. The number of rotatable bonds is 7. The summed E-state index contributed by atoms with van der Waals surface area (Å²) in [7, 11) is -1.35. The average Bonchev–Trinajstić information content (AvgIpc) is 3.72. The first-order valence-electron chi connectivity index (χ1n) is 16.8. The molecule has 0 bridgehead atoms. The normalized spacial score (nSPS) is 14.2. The van der Waals surface area contributed by atoms with E-state index >= 15 is 0 Å². The summed E-state index contributed by atoms with van der Waals surface area (Å²) < 4.78 is 6.13. The summed E-state index contributed by atoms with van der Waals surface area (Å²) in [5.74, 6) is 1.81. The molecule has 1 aliphatic carbocycles. The van der Waals surface area contributed by atoms with Crippen LogP contribution in [-0.2, 0) is 26.5 Å². The van der Waals surface area contributed by atoms with Crippen LogP contribution < -0.4 is 5.19 Å². The van der Waals surface area contributed by atoms with Crippen molar-refractivity contribution in [2.24, 2.45) is 11.8 Å². The van der Waals surface area contributed by atoms with Crippen LogP contribution in [0.2, 0.25) is 19.6 Å². The second-order valence-corrected chi connectivity index (χ2v) is 19.2. The van der Waals surface area contributed by atoms with Crippen molar-refractivity contribution >= 4 is 35.3 Å². The van der Waals surface area contributed by atoms with Crippen molar-refractivity contribution in [3.8, 4) is 22.5 Å². The fraction of sp³-hybridized carbons (Fsp3) is 0.341. The van der Waals surface area contributed by atoms with Gasteiger partial charge in [-0.1, -0.05) is 101 Å². The smallest absolute Gasteiger partial charge is 0.216 e. The minimum Gasteiger partial charge on any atom is -0.486 e. The van der Waals surface area contributed by atoms with E-state index in [1.165, 1.54) is 32.1 Å². The number of aromatic nitrogens is 3. The molecule has 245 valence electrons. The van der Waals surface area contributed by atoms with E-state index in [0.29, 0.717) is 17.5 Å². The van der Waals surface area contributed by atoms with Crippen LogP contribution >= 0.6 is 0 Å². The maximum absolute atomic E-state index is 6.13. The van der Waals surface area contributed by atoms with E-state index < -0.39 is 8.07 Å². The van der Waals surface area contributed by atoms with Crippen molar-refractivity contribution < 1.29 is 24.5 Å². The summed E-state index contributed by atoms with van der Waals surface area (Å²) in [6, 6.07) is 31.1. The van der Waals surface area contributed by atoms with Crippen LogP contribution in [0, 0.1) is 24.0 Å². The predicted molar refractivity (Wildman–Crippen MR) is 194 cm³/mol.